The number of hydrogen-bond donors (Lipinski definition) is 1. The Bertz CT molecular complexity index is 1020. The average molecular weight is 465 g/mol. The van der Waals surface area contributed by atoms with Gasteiger partial charge in [-0.05, 0) is 44.7 Å². The molecule has 2 saturated heterocycles. The average Bonchev–Trinajstić information content (AvgIpc) is 2.88. The van der Waals surface area contributed by atoms with Crippen molar-refractivity contribution in [2.45, 2.75) is 58.5 Å². The van der Waals surface area contributed by atoms with Crippen molar-refractivity contribution in [2.24, 2.45) is 5.73 Å². The molecule has 0 unspecified atom stereocenters. The van der Waals surface area contributed by atoms with E-state index in [-0.39, 0.29) is 11.6 Å². The number of piperidine rings is 1. The first-order valence-corrected chi connectivity index (χ1v) is 12.4. The summed E-state index contributed by atoms with van der Waals surface area (Å²) in [6.07, 6.45) is 5.25. The monoisotopic (exact) mass is 464 g/mol. The van der Waals surface area contributed by atoms with Crippen molar-refractivity contribution in [3.8, 4) is 0 Å². The van der Waals surface area contributed by atoms with E-state index in [1.165, 1.54) is 11.8 Å². The number of rotatable bonds is 6. The van der Waals surface area contributed by atoms with Gasteiger partial charge in [0.05, 0.1) is 11.9 Å². The number of anilines is 1. The van der Waals surface area contributed by atoms with E-state index in [1.54, 1.807) is 0 Å². The van der Waals surface area contributed by atoms with Crippen LogP contribution < -0.4 is 10.6 Å². The number of likely N-dealkylation sites (tertiary alicyclic amines) is 1. The van der Waals surface area contributed by atoms with Crippen molar-refractivity contribution >= 4 is 17.6 Å². The standard InChI is InChI=1S/C26H36N6O2/c1-4-20-17-31(25-22(5-2)29-23(16-28-25)24(27)33)14-15-32(20)21-10-12-30(13-11-21)26(34)19-8-6-18(3)7-9-19/h6-9,16,20-21H,4-5,10-15,17H2,1-3H3,(H2,27,33)/t20-/m0/s1. The molecule has 0 saturated carbocycles. The fourth-order valence-corrected chi connectivity index (χ4v) is 5.23. The van der Waals surface area contributed by atoms with Crippen molar-refractivity contribution in [1.82, 2.24) is 19.8 Å². The summed E-state index contributed by atoms with van der Waals surface area (Å²) in [5.41, 5.74) is 8.38. The number of primary amides is 1. The lowest BCUT2D eigenvalue weighted by Gasteiger charge is -2.47. The number of benzene rings is 1. The van der Waals surface area contributed by atoms with Gasteiger partial charge in [0.2, 0.25) is 0 Å². The third-order valence-electron chi connectivity index (χ3n) is 7.23. The molecule has 2 amide bonds. The zero-order valence-corrected chi connectivity index (χ0v) is 20.5. The summed E-state index contributed by atoms with van der Waals surface area (Å²) in [5, 5.41) is 0. The summed E-state index contributed by atoms with van der Waals surface area (Å²) in [4.78, 5) is 40.4. The number of piperazine rings is 1. The molecule has 1 aromatic carbocycles. The highest BCUT2D eigenvalue weighted by Crippen LogP contribution is 2.27. The minimum absolute atomic E-state index is 0.139. The molecule has 2 aliphatic rings. The first-order chi connectivity index (χ1) is 16.4. The lowest BCUT2D eigenvalue weighted by atomic mass is 9.97. The number of aromatic nitrogens is 2. The van der Waals surface area contributed by atoms with Crippen molar-refractivity contribution in [1.29, 1.82) is 0 Å². The largest absolute Gasteiger partial charge is 0.364 e. The van der Waals surface area contributed by atoms with Crippen LogP contribution in [0.5, 0.6) is 0 Å². The number of nitrogens with two attached hydrogens (primary N) is 1. The van der Waals surface area contributed by atoms with Gasteiger partial charge in [0.1, 0.15) is 11.5 Å². The molecule has 2 N–H and O–H groups in total. The Morgan fingerprint density at radius 2 is 1.76 bits per heavy atom. The Hall–Kier alpha value is -3.00. The number of carbonyl (C=O) groups excluding carboxylic acids is 2. The van der Waals surface area contributed by atoms with Crippen LogP contribution in [0.1, 0.15) is 65.2 Å². The van der Waals surface area contributed by atoms with Gasteiger partial charge >= 0.3 is 0 Å². The molecule has 0 spiro atoms. The van der Waals surface area contributed by atoms with Crippen LogP contribution in [-0.2, 0) is 6.42 Å². The van der Waals surface area contributed by atoms with Crippen molar-refractivity contribution in [2.75, 3.05) is 37.6 Å². The van der Waals surface area contributed by atoms with E-state index < -0.39 is 5.91 Å². The van der Waals surface area contributed by atoms with E-state index in [4.69, 9.17) is 5.73 Å². The second-order valence-corrected chi connectivity index (χ2v) is 9.38. The Morgan fingerprint density at radius 1 is 1.06 bits per heavy atom. The van der Waals surface area contributed by atoms with Crippen LogP contribution in [0.4, 0.5) is 5.82 Å². The molecule has 0 bridgehead atoms. The molecule has 1 aromatic heterocycles. The molecule has 0 aliphatic carbocycles. The Balaban J connectivity index is 1.38. The van der Waals surface area contributed by atoms with Crippen molar-refractivity contribution in [3.05, 3.63) is 53.0 Å². The summed E-state index contributed by atoms with van der Waals surface area (Å²) >= 11 is 0. The summed E-state index contributed by atoms with van der Waals surface area (Å²) in [6, 6.07) is 8.77. The highest BCUT2D eigenvalue weighted by molar-refractivity contribution is 5.94. The molecule has 4 rings (SSSR count). The normalized spacial score (nSPS) is 19.9. The van der Waals surface area contributed by atoms with Gasteiger partial charge in [-0.3, -0.25) is 14.5 Å². The van der Waals surface area contributed by atoms with Crippen LogP contribution in [0.15, 0.2) is 30.5 Å². The van der Waals surface area contributed by atoms with Gasteiger partial charge in [0, 0.05) is 50.4 Å². The molecular weight excluding hydrogens is 428 g/mol. The van der Waals surface area contributed by atoms with Gasteiger partial charge in [-0.1, -0.05) is 31.5 Å². The van der Waals surface area contributed by atoms with E-state index in [2.05, 4.69) is 26.7 Å². The van der Waals surface area contributed by atoms with Gasteiger partial charge < -0.3 is 15.5 Å². The number of hydrogen-bond acceptors (Lipinski definition) is 6. The minimum Gasteiger partial charge on any atom is -0.364 e. The molecule has 8 heteroatoms. The van der Waals surface area contributed by atoms with Crippen LogP contribution in [0.2, 0.25) is 0 Å². The molecule has 2 aromatic rings. The van der Waals surface area contributed by atoms with E-state index >= 15 is 0 Å². The second-order valence-electron chi connectivity index (χ2n) is 9.38. The highest BCUT2D eigenvalue weighted by atomic mass is 16.2. The Labute approximate surface area is 202 Å². The van der Waals surface area contributed by atoms with Crippen LogP contribution in [0, 0.1) is 6.92 Å². The predicted molar refractivity (Wildman–Crippen MR) is 133 cm³/mol. The Kier molecular flexibility index (Phi) is 7.46. The second kappa shape index (κ2) is 10.5. The van der Waals surface area contributed by atoms with Gasteiger partial charge in [-0.15, -0.1) is 0 Å². The maximum absolute atomic E-state index is 12.9. The van der Waals surface area contributed by atoms with Crippen LogP contribution in [0.3, 0.4) is 0 Å². The first kappa shape index (κ1) is 24.1. The lowest BCUT2D eigenvalue weighted by molar-refractivity contribution is 0.0490. The summed E-state index contributed by atoms with van der Waals surface area (Å²) in [6.45, 7) is 10.6. The number of amides is 2. The van der Waals surface area contributed by atoms with Crippen LogP contribution >= 0.6 is 0 Å². The van der Waals surface area contributed by atoms with E-state index in [0.29, 0.717) is 18.5 Å². The number of nitrogens with zero attached hydrogens (tertiary/aromatic N) is 5. The quantitative estimate of drug-likeness (QED) is 0.706. The zero-order valence-electron chi connectivity index (χ0n) is 20.5. The lowest BCUT2D eigenvalue weighted by Crippen LogP contribution is -2.59. The fraction of sp³-hybridized carbons (Fsp3) is 0.538. The molecule has 2 fully saturated rings. The van der Waals surface area contributed by atoms with E-state index in [9.17, 15) is 9.59 Å². The van der Waals surface area contributed by atoms with E-state index in [1.807, 2.05) is 43.0 Å². The molecule has 3 heterocycles. The highest BCUT2D eigenvalue weighted by Gasteiger charge is 2.35. The molecular formula is C26H36N6O2. The molecule has 1 atom stereocenters. The van der Waals surface area contributed by atoms with Gasteiger partial charge in [0.25, 0.3) is 11.8 Å². The number of aryl methyl sites for hydroxylation is 2. The molecule has 182 valence electrons. The number of carbonyl (C=O) groups is 2. The summed E-state index contributed by atoms with van der Waals surface area (Å²) in [7, 11) is 0. The maximum atomic E-state index is 12.9. The third-order valence-corrected chi connectivity index (χ3v) is 7.23. The third kappa shape index (κ3) is 5.06. The SMILES string of the molecule is CCc1nc(C(N)=O)cnc1N1CCN(C2CCN(C(=O)c3ccc(C)cc3)CC2)[C@@H](CC)C1. The smallest absolute Gasteiger partial charge is 0.268 e. The predicted octanol–water partition coefficient (Wildman–Crippen LogP) is 2.65. The van der Waals surface area contributed by atoms with Crippen LogP contribution in [-0.4, -0.2) is 76.4 Å². The fourth-order valence-electron chi connectivity index (χ4n) is 5.23. The zero-order chi connectivity index (χ0) is 24.2. The van der Waals surface area contributed by atoms with Gasteiger partial charge in [-0.2, -0.15) is 0 Å². The summed E-state index contributed by atoms with van der Waals surface area (Å²) in [5.74, 6) is 0.460. The molecule has 2 aliphatic heterocycles. The van der Waals surface area contributed by atoms with Crippen molar-refractivity contribution in [3.63, 3.8) is 0 Å². The van der Waals surface area contributed by atoms with E-state index in [0.717, 1.165) is 69.1 Å². The minimum atomic E-state index is -0.544. The topological polar surface area (TPSA) is 95.7 Å². The molecule has 0 radical (unpaired) electrons. The van der Waals surface area contributed by atoms with Gasteiger partial charge in [0.15, 0.2) is 0 Å². The molecule has 34 heavy (non-hydrogen) atoms. The summed E-state index contributed by atoms with van der Waals surface area (Å²) < 4.78 is 0. The van der Waals surface area contributed by atoms with Crippen LogP contribution in [0.25, 0.3) is 0 Å². The maximum Gasteiger partial charge on any atom is 0.268 e. The Morgan fingerprint density at radius 3 is 2.38 bits per heavy atom. The van der Waals surface area contributed by atoms with Crippen molar-refractivity contribution < 1.29 is 9.59 Å². The first-order valence-electron chi connectivity index (χ1n) is 12.4. The van der Waals surface area contributed by atoms with Gasteiger partial charge in [-0.25, -0.2) is 9.97 Å². The molecule has 8 nitrogen and oxygen atoms in total.